The normalized spacial score (nSPS) is 16.7. The number of nitrogens with zero attached hydrogens (tertiary/aromatic N) is 2. The van der Waals surface area contributed by atoms with Gasteiger partial charge in [-0.15, -0.1) is 11.3 Å². The van der Waals surface area contributed by atoms with Crippen molar-refractivity contribution in [3.63, 3.8) is 0 Å². The van der Waals surface area contributed by atoms with Gasteiger partial charge in [0, 0.05) is 31.9 Å². The Morgan fingerprint density at radius 3 is 2.46 bits per heavy atom. The monoisotopic (exact) mass is 344 g/mol. The van der Waals surface area contributed by atoms with Crippen molar-refractivity contribution < 1.29 is 4.79 Å². The first-order chi connectivity index (χ1) is 11.6. The van der Waals surface area contributed by atoms with Crippen LogP contribution in [0.1, 0.15) is 18.5 Å². The molecule has 3 rings (SSSR count). The second kappa shape index (κ2) is 7.68. The molecule has 1 aliphatic heterocycles. The van der Waals surface area contributed by atoms with Gasteiger partial charge in [0.25, 0.3) is 0 Å². The molecule has 0 spiro atoms. The molecule has 2 aromatic rings. The van der Waals surface area contributed by atoms with Gasteiger partial charge in [-0.2, -0.15) is 0 Å². The van der Waals surface area contributed by atoms with E-state index in [1.54, 1.807) is 0 Å². The van der Waals surface area contributed by atoms with E-state index in [1.165, 1.54) is 17.0 Å². The molecule has 0 bridgehead atoms. The second-order valence-electron chi connectivity index (χ2n) is 6.18. The lowest BCUT2D eigenvalue weighted by molar-refractivity contribution is 0.249. The van der Waals surface area contributed by atoms with Gasteiger partial charge in [0.05, 0.1) is 11.0 Å². The molecule has 2 heterocycles. The van der Waals surface area contributed by atoms with Crippen LogP contribution in [0.25, 0.3) is 0 Å². The summed E-state index contributed by atoms with van der Waals surface area (Å²) in [6.45, 7) is 6.32. The molecule has 0 saturated carbocycles. The Morgan fingerprint density at radius 2 is 1.83 bits per heavy atom. The lowest BCUT2D eigenvalue weighted by Gasteiger charge is -2.34. The van der Waals surface area contributed by atoms with E-state index in [0.29, 0.717) is 0 Å². The molecule has 1 aliphatic rings. The molecular weight excluding hydrogens is 320 g/mol. The van der Waals surface area contributed by atoms with E-state index in [2.05, 4.69) is 51.7 Å². The molecule has 2 N–H and O–H groups in total. The Kier molecular flexibility index (Phi) is 5.37. The first kappa shape index (κ1) is 16.8. The number of rotatable bonds is 4. The third-order valence-corrected chi connectivity index (χ3v) is 5.15. The number of likely N-dealkylation sites (N-methyl/N-ethyl adjacent to an activating group) is 1. The Hall–Kier alpha value is -2.05. The fraction of sp³-hybridized carbons (Fsp3) is 0.389. The van der Waals surface area contributed by atoms with Crippen molar-refractivity contribution in [2.45, 2.75) is 13.0 Å². The van der Waals surface area contributed by atoms with E-state index in [-0.39, 0.29) is 12.1 Å². The molecule has 1 atom stereocenters. The second-order valence-corrected chi connectivity index (χ2v) is 7.13. The Balaban J connectivity index is 1.55. The summed E-state index contributed by atoms with van der Waals surface area (Å²) in [5.74, 6) is 0. The van der Waals surface area contributed by atoms with Crippen molar-refractivity contribution in [3.8, 4) is 0 Å². The molecule has 1 fully saturated rings. The fourth-order valence-corrected chi connectivity index (χ4v) is 3.43. The Labute approximate surface area is 147 Å². The van der Waals surface area contributed by atoms with Gasteiger partial charge in [-0.25, -0.2) is 4.79 Å². The molecule has 0 unspecified atom stereocenters. The summed E-state index contributed by atoms with van der Waals surface area (Å²) in [5.41, 5.74) is 2.36. The number of hydrogen-bond acceptors (Lipinski definition) is 4. The highest BCUT2D eigenvalue weighted by atomic mass is 32.1. The minimum absolute atomic E-state index is 0.0356. The average molecular weight is 344 g/mol. The molecule has 1 aromatic carbocycles. The molecule has 24 heavy (non-hydrogen) atoms. The van der Waals surface area contributed by atoms with Crippen molar-refractivity contribution in [3.05, 3.63) is 47.3 Å². The fourth-order valence-electron chi connectivity index (χ4n) is 2.82. The lowest BCUT2D eigenvalue weighted by atomic mass is 10.1. The summed E-state index contributed by atoms with van der Waals surface area (Å²) in [4.78, 5) is 16.8. The SMILES string of the molecule is C[C@@H](NC(=O)Nc1cccs1)c1ccc(N2CCN(C)CC2)cc1. The highest BCUT2D eigenvalue weighted by Gasteiger charge is 2.15. The summed E-state index contributed by atoms with van der Waals surface area (Å²) in [7, 11) is 2.16. The number of thiophene rings is 1. The highest BCUT2D eigenvalue weighted by Crippen LogP contribution is 2.21. The number of hydrogen-bond donors (Lipinski definition) is 2. The number of benzene rings is 1. The summed E-state index contributed by atoms with van der Waals surface area (Å²) in [6, 6.07) is 12.1. The molecule has 2 amide bonds. The van der Waals surface area contributed by atoms with Crippen LogP contribution in [0, 0.1) is 0 Å². The smallest absolute Gasteiger partial charge is 0.320 e. The first-order valence-corrected chi connectivity index (χ1v) is 9.14. The van der Waals surface area contributed by atoms with Gasteiger partial charge in [0.15, 0.2) is 0 Å². The number of piperazine rings is 1. The van der Waals surface area contributed by atoms with Gasteiger partial charge in [0.2, 0.25) is 0 Å². The van der Waals surface area contributed by atoms with Gasteiger partial charge >= 0.3 is 6.03 Å². The zero-order valence-corrected chi connectivity index (χ0v) is 15.0. The molecule has 6 heteroatoms. The van der Waals surface area contributed by atoms with Gasteiger partial charge in [0.1, 0.15) is 0 Å². The van der Waals surface area contributed by atoms with Crippen molar-refractivity contribution in [1.82, 2.24) is 10.2 Å². The van der Waals surface area contributed by atoms with E-state index in [1.807, 2.05) is 24.4 Å². The van der Waals surface area contributed by atoms with Crippen molar-refractivity contribution in [2.75, 3.05) is 43.4 Å². The van der Waals surface area contributed by atoms with Crippen molar-refractivity contribution >= 4 is 28.1 Å². The third kappa shape index (κ3) is 4.27. The van der Waals surface area contributed by atoms with Crippen molar-refractivity contribution in [1.29, 1.82) is 0 Å². The molecule has 0 aliphatic carbocycles. The maximum absolute atomic E-state index is 12.0. The van der Waals surface area contributed by atoms with E-state index in [4.69, 9.17) is 0 Å². The zero-order valence-electron chi connectivity index (χ0n) is 14.2. The minimum atomic E-state index is -0.173. The predicted octanol–water partition coefficient (Wildman–Crippen LogP) is 3.38. The standard InChI is InChI=1S/C18H24N4OS/c1-14(19-18(23)20-17-4-3-13-24-17)15-5-7-16(8-6-15)22-11-9-21(2)10-12-22/h3-8,13-14H,9-12H2,1-2H3,(H2,19,20,23)/t14-/m1/s1. The average Bonchev–Trinajstić information content (AvgIpc) is 3.08. The van der Waals surface area contributed by atoms with Gasteiger partial charge < -0.3 is 15.1 Å². The number of urea groups is 1. The maximum atomic E-state index is 12.0. The molecule has 5 nitrogen and oxygen atoms in total. The molecule has 128 valence electrons. The summed E-state index contributed by atoms with van der Waals surface area (Å²) < 4.78 is 0. The van der Waals surface area contributed by atoms with E-state index in [9.17, 15) is 4.79 Å². The number of carbonyl (C=O) groups excluding carboxylic acids is 1. The summed E-state index contributed by atoms with van der Waals surface area (Å²) in [5, 5.41) is 8.61. The van der Waals surface area contributed by atoms with Crippen LogP contribution in [0.15, 0.2) is 41.8 Å². The van der Waals surface area contributed by atoms with E-state index >= 15 is 0 Å². The maximum Gasteiger partial charge on any atom is 0.320 e. The van der Waals surface area contributed by atoms with Gasteiger partial charge in [-0.1, -0.05) is 12.1 Å². The molecule has 1 saturated heterocycles. The summed E-state index contributed by atoms with van der Waals surface area (Å²) >= 11 is 1.51. The van der Waals surface area contributed by atoms with Crippen LogP contribution in [0.2, 0.25) is 0 Å². The van der Waals surface area contributed by atoms with E-state index in [0.717, 1.165) is 36.7 Å². The first-order valence-electron chi connectivity index (χ1n) is 8.26. The summed E-state index contributed by atoms with van der Waals surface area (Å²) in [6.07, 6.45) is 0. The molecule has 1 aromatic heterocycles. The van der Waals surface area contributed by atoms with Crippen LogP contribution in [0.3, 0.4) is 0 Å². The van der Waals surface area contributed by atoms with Gasteiger partial charge in [-0.3, -0.25) is 5.32 Å². The van der Waals surface area contributed by atoms with Crippen LogP contribution < -0.4 is 15.5 Å². The van der Waals surface area contributed by atoms with Crippen LogP contribution in [-0.2, 0) is 0 Å². The number of amides is 2. The molecule has 0 radical (unpaired) electrons. The highest BCUT2D eigenvalue weighted by molar-refractivity contribution is 7.14. The number of carbonyl (C=O) groups is 1. The quantitative estimate of drug-likeness (QED) is 0.894. The van der Waals surface area contributed by atoms with Crippen LogP contribution >= 0.6 is 11.3 Å². The zero-order chi connectivity index (χ0) is 16.9. The predicted molar refractivity (Wildman–Crippen MR) is 101 cm³/mol. The van der Waals surface area contributed by atoms with Gasteiger partial charge in [-0.05, 0) is 49.2 Å². The van der Waals surface area contributed by atoms with Crippen molar-refractivity contribution in [2.24, 2.45) is 0 Å². The Morgan fingerprint density at radius 1 is 1.12 bits per heavy atom. The third-order valence-electron chi connectivity index (χ3n) is 4.37. The van der Waals surface area contributed by atoms with Crippen LogP contribution in [-0.4, -0.2) is 44.2 Å². The largest absolute Gasteiger partial charge is 0.369 e. The minimum Gasteiger partial charge on any atom is -0.369 e. The van der Waals surface area contributed by atoms with E-state index < -0.39 is 0 Å². The Bertz CT molecular complexity index is 648. The van der Waals surface area contributed by atoms with Crippen LogP contribution in [0.4, 0.5) is 15.5 Å². The van der Waals surface area contributed by atoms with Crippen LogP contribution in [0.5, 0.6) is 0 Å². The molecular formula is C18H24N4OS. The number of anilines is 2. The lowest BCUT2D eigenvalue weighted by Crippen LogP contribution is -2.44. The topological polar surface area (TPSA) is 47.6 Å². The number of nitrogens with one attached hydrogen (secondary N) is 2.